The number of imidazole rings is 1. The Kier molecular flexibility index (Phi) is 2.89. The number of rotatable bonds is 3. The van der Waals surface area contributed by atoms with Crippen LogP contribution in [0.2, 0.25) is 0 Å². The second kappa shape index (κ2) is 4.33. The van der Waals surface area contributed by atoms with E-state index in [9.17, 15) is 0 Å². The van der Waals surface area contributed by atoms with E-state index in [0.29, 0.717) is 5.75 Å². The summed E-state index contributed by atoms with van der Waals surface area (Å²) in [7, 11) is 0. The molecule has 1 aromatic heterocycles. The van der Waals surface area contributed by atoms with Crippen molar-refractivity contribution < 1.29 is 0 Å². The maximum atomic E-state index is 4.23. The third-order valence-corrected chi connectivity index (χ3v) is 2.42. The highest BCUT2D eigenvalue weighted by Gasteiger charge is 2.00. The highest BCUT2D eigenvalue weighted by atomic mass is 32.1. The number of thiol groups is 1. The fourth-order valence-corrected chi connectivity index (χ4v) is 1.68. The summed E-state index contributed by atoms with van der Waals surface area (Å²) in [6.45, 7) is 0.872. The van der Waals surface area contributed by atoms with Crippen LogP contribution >= 0.6 is 12.6 Å². The molecule has 2 aromatic rings. The molecule has 72 valence electrons. The van der Waals surface area contributed by atoms with Crippen molar-refractivity contribution in [2.75, 3.05) is 0 Å². The van der Waals surface area contributed by atoms with Crippen LogP contribution in [0.15, 0.2) is 42.7 Å². The molecular formula is C11H12N2S. The molecule has 2 nitrogen and oxygen atoms in total. The van der Waals surface area contributed by atoms with E-state index in [4.69, 9.17) is 0 Å². The first kappa shape index (κ1) is 9.34. The highest BCUT2D eigenvalue weighted by Crippen LogP contribution is 2.06. The van der Waals surface area contributed by atoms with E-state index < -0.39 is 0 Å². The Morgan fingerprint density at radius 1 is 1.21 bits per heavy atom. The number of hydrogen-bond acceptors (Lipinski definition) is 2. The van der Waals surface area contributed by atoms with Crippen LogP contribution in [0.4, 0.5) is 0 Å². The van der Waals surface area contributed by atoms with Crippen molar-refractivity contribution in [1.82, 2.24) is 9.55 Å². The van der Waals surface area contributed by atoms with E-state index in [1.807, 2.05) is 30.6 Å². The summed E-state index contributed by atoms with van der Waals surface area (Å²) in [4.78, 5) is 4.22. The van der Waals surface area contributed by atoms with Crippen LogP contribution in [-0.4, -0.2) is 9.55 Å². The summed E-state index contributed by atoms with van der Waals surface area (Å²) in [5, 5.41) is 0. The van der Waals surface area contributed by atoms with Gasteiger partial charge in [0, 0.05) is 24.7 Å². The summed E-state index contributed by atoms with van der Waals surface area (Å²) >= 11 is 4.23. The number of nitrogens with zero attached hydrogens (tertiary/aromatic N) is 2. The van der Waals surface area contributed by atoms with E-state index in [1.165, 1.54) is 5.56 Å². The minimum Gasteiger partial charge on any atom is -0.330 e. The van der Waals surface area contributed by atoms with Crippen molar-refractivity contribution in [1.29, 1.82) is 0 Å². The topological polar surface area (TPSA) is 17.8 Å². The molecule has 0 unspecified atom stereocenters. The van der Waals surface area contributed by atoms with Crippen molar-refractivity contribution in [3.63, 3.8) is 0 Å². The summed E-state index contributed by atoms with van der Waals surface area (Å²) < 4.78 is 2.11. The summed E-state index contributed by atoms with van der Waals surface area (Å²) in [6, 6.07) is 10.3. The third kappa shape index (κ3) is 1.99. The number of hydrogen-bond donors (Lipinski definition) is 1. The molecule has 0 N–H and O–H groups in total. The second-order valence-corrected chi connectivity index (χ2v) is 3.43. The number of benzene rings is 1. The lowest BCUT2D eigenvalue weighted by atomic mass is 10.2. The zero-order valence-corrected chi connectivity index (χ0v) is 8.69. The molecule has 0 radical (unpaired) electrons. The van der Waals surface area contributed by atoms with Gasteiger partial charge in [0.05, 0.1) is 0 Å². The first-order valence-corrected chi connectivity index (χ1v) is 5.18. The highest BCUT2D eigenvalue weighted by molar-refractivity contribution is 7.79. The van der Waals surface area contributed by atoms with Gasteiger partial charge in [-0.2, -0.15) is 12.6 Å². The summed E-state index contributed by atoms with van der Waals surface area (Å²) in [5.41, 5.74) is 1.29. The predicted molar refractivity (Wildman–Crippen MR) is 60.5 cm³/mol. The number of aromatic nitrogens is 2. The second-order valence-electron chi connectivity index (χ2n) is 3.12. The van der Waals surface area contributed by atoms with Crippen LogP contribution in [0.1, 0.15) is 11.4 Å². The van der Waals surface area contributed by atoms with E-state index >= 15 is 0 Å². The Bertz CT molecular complexity index is 395. The SMILES string of the molecule is SCc1nccn1Cc1ccccc1. The zero-order valence-electron chi connectivity index (χ0n) is 7.80. The lowest BCUT2D eigenvalue weighted by Gasteiger charge is -2.05. The third-order valence-electron chi connectivity index (χ3n) is 2.14. The fourth-order valence-electron chi connectivity index (χ4n) is 1.42. The Hall–Kier alpha value is -1.22. The largest absolute Gasteiger partial charge is 0.330 e. The molecule has 0 saturated carbocycles. The normalized spacial score (nSPS) is 10.4. The first-order chi connectivity index (χ1) is 6.90. The molecule has 2 rings (SSSR count). The molecule has 14 heavy (non-hydrogen) atoms. The van der Waals surface area contributed by atoms with Crippen LogP contribution < -0.4 is 0 Å². The van der Waals surface area contributed by atoms with Gasteiger partial charge in [0.1, 0.15) is 5.82 Å². The van der Waals surface area contributed by atoms with Crippen LogP contribution in [0.3, 0.4) is 0 Å². The van der Waals surface area contributed by atoms with E-state index in [1.54, 1.807) is 0 Å². The van der Waals surface area contributed by atoms with Gasteiger partial charge in [0.2, 0.25) is 0 Å². The molecule has 0 aliphatic carbocycles. The molecule has 0 atom stereocenters. The van der Waals surface area contributed by atoms with Crippen LogP contribution in [0.25, 0.3) is 0 Å². The van der Waals surface area contributed by atoms with Gasteiger partial charge in [-0.25, -0.2) is 4.98 Å². The van der Waals surface area contributed by atoms with Gasteiger partial charge in [-0.15, -0.1) is 0 Å². The Morgan fingerprint density at radius 3 is 2.71 bits per heavy atom. The molecule has 0 amide bonds. The molecule has 0 bridgehead atoms. The van der Waals surface area contributed by atoms with Gasteiger partial charge in [-0.1, -0.05) is 30.3 Å². The smallest absolute Gasteiger partial charge is 0.118 e. The quantitative estimate of drug-likeness (QED) is 0.760. The summed E-state index contributed by atoms with van der Waals surface area (Å²) in [6.07, 6.45) is 3.80. The van der Waals surface area contributed by atoms with Gasteiger partial charge >= 0.3 is 0 Å². The van der Waals surface area contributed by atoms with Crippen molar-refractivity contribution in [2.24, 2.45) is 0 Å². The van der Waals surface area contributed by atoms with Crippen LogP contribution in [0.5, 0.6) is 0 Å². The van der Waals surface area contributed by atoms with E-state index in [0.717, 1.165) is 12.4 Å². The lowest BCUT2D eigenvalue weighted by Crippen LogP contribution is -2.02. The van der Waals surface area contributed by atoms with Crippen LogP contribution in [0, 0.1) is 0 Å². The minimum absolute atomic E-state index is 0.680. The van der Waals surface area contributed by atoms with Gasteiger partial charge in [-0.3, -0.25) is 0 Å². The molecule has 1 aromatic carbocycles. The minimum atomic E-state index is 0.680. The Labute approximate surface area is 89.0 Å². The average molecular weight is 204 g/mol. The van der Waals surface area contributed by atoms with Crippen LogP contribution in [-0.2, 0) is 12.3 Å². The predicted octanol–water partition coefficient (Wildman–Crippen LogP) is 2.36. The Balaban J connectivity index is 2.19. The molecule has 0 spiro atoms. The standard InChI is InChI=1S/C11H12N2S/c14-9-11-12-6-7-13(11)8-10-4-2-1-3-5-10/h1-7,14H,8-9H2. The fraction of sp³-hybridized carbons (Fsp3) is 0.182. The van der Waals surface area contributed by atoms with Gasteiger partial charge in [0.25, 0.3) is 0 Å². The van der Waals surface area contributed by atoms with Gasteiger partial charge < -0.3 is 4.57 Å². The molecule has 0 aliphatic rings. The van der Waals surface area contributed by atoms with E-state index in [2.05, 4.69) is 34.3 Å². The summed E-state index contributed by atoms with van der Waals surface area (Å²) in [5.74, 6) is 1.69. The zero-order chi connectivity index (χ0) is 9.80. The molecular weight excluding hydrogens is 192 g/mol. The molecule has 3 heteroatoms. The first-order valence-electron chi connectivity index (χ1n) is 4.55. The lowest BCUT2D eigenvalue weighted by molar-refractivity contribution is 0.757. The maximum Gasteiger partial charge on any atom is 0.118 e. The van der Waals surface area contributed by atoms with Crippen molar-refractivity contribution >= 4 is 12.6 Å². The van der Waals surface area contributed by atoms with Crippen molar-refractivity contribution in [2.45, 2.75) is 12.3 Å². The maximum absolute atomic E-state index is 4.23. The van der Waals surface area contributed by atoms with Crippen molar-refractivity contribution in [3.8, 4) is 0 Å². The molecule has 1 heterocycles. The van der Waals surface area contributed by atoms with Gasteiger partial charge in [0.15, 0.2) is 0 Å². The van der Waals surface area contributed by atoms with Crippen molar-refractivity contribution in [3.05, 3.63) is 54.1 Å². The molecule has 0 fully saturated rings. The molecule has 0 aliphatic heterocycles. The van der Waals surface area contributed by atoms with E-state index in [-0.39, 0.29) is 0 Å². The monoisotopic (exact) mass is 204 g/mol. The van der Waals surface area contributed by atoms with Gasteiger partial charge in [-0.05, 0) is 5.56 Å². The average Bonchev–Trinajstić information content (AvgIpc) is 2.67. The Morgan fingerprint density at radius 2 is 2.00 bits per heavy atom. The molecule has 0 saturated heterocycles.